The molecular formula is C16H26N2O4. The van der Waals surface area contributed by atoms with Crippen molar-refractivity contribution in [1.29, 1.82) is 0 Å². The number of hydrogen-bond acceptors (Lipinski definition) is 5. The molecule has 0 aliphatic carbocycles. The molecule has 0 bridgehead atoms. The first-order chi connectivity index (χ1) is 10.4. The van der Waals surface area contributed by atoms with Crippen LogP contribution in [0, 0.1) is 0 Å². The summed E-state index contributed by atoms with van der Waals surface area (Å²) in [5.74, 6) is 1.51. The number of anilines is 1. The molecule has 0 aromatic heterocycles. The molecule has 0 aliphatic heterocycles. The second kappa shape index (κ2) is 8.36. The third-order valence-electron chi connectivity index (χ3n) is 2.74. The Hall–Kier alpha value is -2.11. The minimum Gasteiger partial charge on any atom is -0.497 e. The predicted molar refractivity (Wildman–Crippen MR) is 86.9 cm³/mol. The van der Waals surface area contributed by atoms with Crippen LogP contribution in [0.5, 0.6) is 11.5 Å². The molecule has 1 aromatic rings. The first-order valence-corrected chi connectivity index (χ1v) is 7.28. The van der Waals surface area contributed by atoms with Gasteiger partial charge in [0, 0.05) is 19.2 Å². The van der Waals surface area contributed by atoms with Gasteiger partial charge in [0.1, 0.15) is 17.1 Å². The van der Waals surface area contributed by atoms with Crippen LogP contribution in [-0.4, -0.2) is 39.0 Å². The molecule has 0 aliphatic rings. The number of benzene rings is 1. The van der Waals surface area contributed by atoms with E-state index in [1.165, 1.54) is 0 Å². The number of ether oxygens (including phenoxy) is 3. The van der Waals surface area contributed by atoms with E-state index in [0.717, 1.165) is 23.6 Å². The number of methoxy groups -OCH3 is 2. The molecule has 0 spiro atoms. The van der Waals surface area contributed by atoms with Gasteiger partial charge in [0.25, 0.3) is 0 Å². The van der Waals surface area contributed by atoms with Gasteiger partial charge in [-0.25, -0.2) is 4.79 Å². The van der Waals surface area contributed by atoms with Crippen molar-refractivity contribution < 1.29 is 19.0 Å². The zero-order valence-corrected chi connectivity index (χ0v) is 14.0. The molecule has 0 heterocycles. The SMILES string of the molecule is COc1ccc(OC)c(NCCCNC(=O)OC(C)(C)C)c1. The van der Waals surface area contributed by atoms with Crippen LogP contribution in [0.1, 0.15) is 27.2 Å². The van der Waals surface area contributed by atoms with Crippen LogP contribution >= 0.6 is 0 Å². The molecule has 0 saturated carbocycles. The number of amides is 1. The van der Waals surface area contributed by atoms with Crippen LogP contribution in [0.15, 0.2) is 18.2 Å². The van der Waals surface area contributed by atoms with Crippen LogP contribution in [-0.2, 0) is 4.74 Å². The molecule has 1 rings (SSSR count). The van der Waals surface area contributed by atoms with Crippen molar-refractivity contribution in [3.63, 3.8) is 0 Å². The highest BCUT2D eigenvalue weighted by atomic mass is 16.6. The molecule has 22 heavy (non-hydrogen) atoms. The molecule has 6 nitrogen and oxygen atoms in total. The first-order valence-electron chi connectivity index (χ1n) is 7.28. The molecule has 1 amide bonds. The van der Waals surface area contributed by atoms with Crippen molar-refractivity contribution in [2.45, 2.75) is 32.8 Å². The lowest BCUT2D eigenvalue weighted by Crippen LogP contribution is -2.33. The Morgan fingerprint density at radius 1 is 1.14 bits per heavy atom. The van der Waals surface area contributed by atoms with Gasteiger partial charge in [-0.3, -0.25) is 0 Å². The van der Waals surface area contributed by atoms with Crippen LogP contribution < -0.4 is 20.1 Å². The molecule has 0 saturated heterocycles. The quantitative estimate of drug-likeness (QED) is 0.758. The average Bonchev–Trinajstić information content (AvgIpc) is 2.44. The third kappa shape index (κ3) is 6.56. The lowest BCUT2D eigenvalue weighted by molar-refractivity contribution is 0.0528. The summed E-state index contributed by atoms with van der Waals surface area (Å²) in [7, 11) is 3.24. The van der Waals surface area contributed by atoms with Crippen LogP contribution in [0.25, 0.3) is 0 Å². The highest BCUT2D eigenvalue weighted by molar-refractivity contribution is 5.67. The summed E-state index contributed by atoms with van der Waals surface area (Å²) in [6, 6.07) is 5.56. The van der Waals surface area contributed by atoms with E-state index >= 15 is 0 Å². The van der Waals surface area contributed by atoms with E-state index in [9.17, 15) is 4.79 Å². The standard InChI is InChI=1S/C16H26N2O4/c1-16(2,3)22-15(19)18-10-6-9-17-13-11-12(20-4)7-8-14(13)21-5/h7-8,11,17H,6,9-10H2,1-5H3,(H,18,19). The summed E-state index contributed by atoms with van der Waals surface area (Å²) in [6.45, 7) is 6.74. The third-order valence-corrected chi connectivity index (χ3v) is 2.74. The van der Waals surface area contributed by atoms with Crippen LogP contribution in [0.2, 0.25) is 0 Å². The van der Waals surface area contributed by atoms with Gasteiger partial charge in [0.15, 0.2) is 0 Å². The summed E-state index contributed by atoms with van der Waals surface area (Å²) in [5, 5.41) is 5.98. The number of carbonyl (C=O) groups is 1. The maximum atomic E-state index is 11.5. The summed E-state index contributed by atoms with van der Waals surface area (Å²) in [6.07, 6.45) is 0.367. The van der Waals surface area contributed by atoms with Gasteiger partial charge in [-0.1, -0.05) is 0 Å². The zero-order chi connectivity index (χ0) is 16.6. The Morgan fingerprint density at radius 2 is 1.86 bits per heavy atom. The molecule has 124 valence electrons. The highest BCUT2D eigenvalue weighted by Crippen LogP contribution is 2.28. The van der Waals surface area contributed by atoms with E-state index in [1.807, 2.05) is 39.0 Å². The molecule has 0 radical (unpaired) electrons. The van der Waals surface area contributed by atoms with Crippen LogP contribution in [0.3, 0.4) is 0 Å². The lowest BCUT2D eigenvalue weighted by atomic mass is 10.2. The number of rotatable bonds is 7. The fraction of sp³-hybridized carbons (Fsp3) is 0.562. The normalized spacial score (nSPS) is 10.8. The molecule has 0 fully saturated rings. The van der Waals surface area contributed by atoms with Gasteiger partial charge in [-0.15, -0.1) is 0 Å². The van der Waals surface area contributed by atoms with E-state index in [-0.39, 0.29) is 0 Å². The largest absolute Gasteiger partial charge is 0.497 e. The second-order valence-corrected chi connectivity index (χ2v) is 5.78. The Balaban J connectivity index is 2.34. The fourth-order valence-corrected chi connectivity index (χ4v) is 1.77. The predicted octanol–water partition coefficient (Wildman–Crippen LogP) is 3.03. The number of nitrogens with one attached hydrogen (secondary N) is 2. The van der Waals surface area contributed by atoms with Gasteiger partial charge in [-0.05, 0) is 39.3 Å². The number of hydrogen-bond donors (Lipinski definition) is 2. The van der Waals surface area contributed by atoms with E-state index in [1.54, 1.807) is 14.2 Å². The lowest BCUT2D eigenvalue weighted by Gasteiger charge is -2.19. The van der Waals surface area contributed by atoms with Gasteiger partial charge in [0.05, 0.1) is 19.9 Å². The Kier molecular flexibility index (Phi) is 6.82. The van der Waals surface area contributed by atoms with Crippen LogP contribution in [0.4, 0.5) is 10.5 Å². The van der Waals surface area contributed by atoms with Crippen molar-refractivity contribution in [3.05, 3.63) is 18.2 Å². The average molecular weight is 310 g/mol. The number of carbonyl (C=O) groups excluding carboxylic acids is 1. The summed E-state index contributed by atoms with van der Waals surface area (Å²) in [5.41, 5.74) is 0.384. The Morgan fingerprint density at radius 3 is 2.45 bits per heavy atom. The van der Waals surface area contributed by atoms with E-state index < -0.39 is 11.7 Å². The summed E-state index contributed by atoms with van der Waals surface area (Å²) in [4.78, 5) is 11.5. The Labute approximate surface area is 132 Å². The van der Waals surface area contributed by atoms with Crippen molar-refractivity contribution in [1.82, 2.24) is 5.32 Å². The van der Waals surface area contributed by atoms with Crippen molar-refractivity contribution >= 4 is 11.8 Å². The number of alkyl carbamates (subject to hydrolysis) is 1. The molecular weight excluding hydrogens is 284 g/mol. The van der Waals surface area contributed by atoms with Gasteiger partial charge in [0.2, 0.25) is 0 Å². The topological polar surface area (TPSA) is 68.8 Å². The summed E-state index contributed by atoms with van der Waals surface area (Å²) < 4.78 is 15.6. The van der Waals surface area contributed by atoms with Gasteiger partial charge < -0.3 is 24.8 Å². The second-order valence-electron chi connectivity index (χ2n) is 5.78. The smallest absolute Gasteiger partial charge is 0.407 e. The molecule has 0 unspecified atom stereocenters. The maximum absolute atomic E-state index is 11.5. The van der Waals surface area contributed by atoms with Crippen molar-refractivity contribution in [2.75, 3.05) is 32.6 Å². The van der Waals surface area contributed by atoms with E-state index in [2.05, 4.69) is 10.6 Å². The Bertz CT molecular complexity index is 484. The minimum atomic E-state index is -0.476. The molecule has 1 aromatic carbocycles. The van der Waals surface area contributed by atoms with E-state index in [4.69, 9.17) is 14.2 Å². The minimum absolute atomic E-state index is 0.397. The van der Waals surface area contributed by atoms with Gasteiger partial charge >= 0.3 is 6.09 Å². The van der Waals surface area contributed by atoms with Crippen molar-refractivity contribution in [2.24, 2.45) is 0 Å². The first kappa shape index (κ1) is 17.9. The van der Waals surface area contributed by atoms with Crippen molar-refractivity contribution in [3.8, 4) is 11.5 Å². The molecule has 6 heteroatoms. The fourth-order valence-electron chi connectivity index (χ4n) is 1.77. The van der Waals surface area contributed by atoms with E-state index in [0.29, 0.717) is 13.1 Å². The summed E-state index contributed by atoms with van der Waals surface area (Å²) >= 11 is 0. The monoisotopic (exact) mass is 310 g/mol. The molecule has 2 N–H and O–H groups in total. The molecule has 0 atom stereocenters. The highest BCUT2D eigenvalue weighted by Gasteiger charge is 2.15. The zero-order valence-electron chi connectivity index (χ0n) is 14.0. The van der Waals surface area contributed by atoms with Gasteiger partial charge in [-0.2, -0.15) is 0 Å². The maximum Gasteiger partial charge on any atom is 0.407 e.